The molecular formula is C7H16N4O3. The Morgan fingerprint density at radius 1 is 1.29 bits per heavy atom. The molecule has 0 atom stereocenters. The summed E-state index contributed by atoms with van der Waals surface area (Å²) in [5.74, 6) is 0. The van der Waals surface area contributed by atoms with E-state index in [1.54, 1.807) is 0 Å². The second-order valence-electron chi connectivity index (χ2n) is 2.66. The fourth-order valence-electron chi connectivity index (χ4n) is 0.733. The number of carbonyl (C=O) groups is 2. The highest BCUT2D eigenvalue weighted by Gasteiger charge is 2.14. The average molecular weight is 204 g/mol. The Kier molecular flexibility index (Phi) is 6.42. The van der Waals surface area contributed by atoms with Gasteiger partial charge >= 0.3 is 12.1 Å². The summed E-state index contributed by atoms with van der Waals surface area (Å²) < 4.78 is 0. The molecule has 0 aromatic heterocycles. The van der Waals surface area contributed by atoms with Crippen LogP contribution in [0.2, 0.25) is 0 Å². The van der Waals surface area contributed by atoms with Crippen LogP contribution in [0.3, 0.4) is 0 Å². The Bertz CT molecular complexity index is 183. The first-order valence-corrected chi connectivity index (χ1v) is 4.36. The summed E-state index contributed by atoms with van der Waals surface area (Å²) >= 11 is 0. The number of unbranched alkanes of at least 4 members (excludes halogenated alkanes) is 2. The van der Waals surface area contributed by atoms with E-state index < -0.39 is 12.1 Å². The van der Waals surface area contributed by atoms with Gasteiger partial charge in [0.25, 0.3) is 0 Å². The molecule has 0 aromatic rings. The maximum absolute atomic E-state index is 10.6. The molecule has 14 heavy (non-hydrogen) atoms. The highest BCUT2D eigenvalue weighted by Crippen LogP contribution is 1.93. The number of nitrogens with zero attached hydrogens (tertiary/aromatic N) is 1. The molecule has 0 heterocycles. The van der Waals surface area contributed by atoms with Crippen LogP contribution in [0.1, 0.15) is 26.2 Å². The number of hydrogen-bond donors (Lipinski definition) is 3. The number of urea groups is 2. The van der Waals surface area contributed by atoms with Crippen molar-refractivity contribution in [2.75, 3.05) is 6.61 Å². The number of hydrogen-bond acceptors (Lipinski definition) is 4. The van der Waals surface area contributed by atoms with Crippen molar-refractivity contribution < 1.29 is 14.4 Å². The molecule has 0 aromatic carbocycles. The molecule has 0 bridgehead atoms. The number of carbonyl (C=O) groups excluding carboxylic acids is 2. The maximum Gasteiger partial charge on any atom is 0.339 e. The van der Waals surface area contributed by atoms with Crippen LogP contribution < -0.4 is 17.1 Å². The van der Waals surface area contributed by atoms with Gasteiger partial charge in [-0.05, 0) is 6.42 Å². The van der Waals surface area contributed by atoms with Gasteiger partial charge in [0.05, 0.1) is 6.61 Å². The summed E-state index contributed by atoms with van der Waals surface area (Å²) in [5.41, 5.74) is 11.7. The van der Waals surface area contributed by atoms with E-state index in [-0.39, 0.29) is 0 Å². The molecule has 7 nitrogen and oxygen atoms in total. The summed E-state index contributed by atoms with van der Waals surface area (Å²) in [5, 5.41) is 0.395. The molecule has 0 unspecified atom stereocenters. The van der Waals surface area contributed by atoms with Crippen LogP contribution in [0, 0.1) is 0 Å². The molecule has 0 rings (SSSR count). The van der Waals surface area contributed by atoms with Crippen molar-refractivity contribution in [3.8, 4) is 0 Å². The Morgan fingerprint density at radius 3 is 2.29 bits per heavy atom. The zero-order valence-corrected chi connectivity index (χ0v) is 8.16. The van der Waals surface area contributed by atoms with Crippen molar-refractivity contribution in [2.24, 2.45) is 11.5 Å². The Hall–Kier alpha value is -1.34. The first kappa shape index (κ1) is 12.7. The van der Waals surface area contributed by atoms with Gasteiger partial charge in [-0.2, -0.15) is 5.01 Å². The van der Waals surface area contributed by atoms with Crippen molar-refractivity contribution >= 4 is 12.1 Å². The lowest BCUT2D eigenvalue weighted by Crippen LogP contribution is -2.52. The lowest BCUT2D eigenvalue weighted by Gasteiger charge is -2.15. The van der Waals surface area contributed by atoms with Gasteiger partial charge in [-0.25, -0.2) is 9.59 Å². The third-order valence-electron chi connectivity index (χ3n) is 1.45. The maximum atomic E-state index is 10.6. The molecule has 5 N–H and O–H groups in total. The third-order valence-corrected chi connectivity index (χ3v) is 1.45. The van der Waals surface area contributed by atoms with Crippen LogP contribution in [0.4, 0.5) is 9.59 Å². The second-order valence-corrected chi connectivity index (χ2v) is 2.66. The quantitative estimate of drug-likeness (QED) is 0.420. The molecule has 0 fully saturated rings. The topological polar surface area (TPSA) is 111 Å². The minimum Gasteiger partial charge on any atom is -0.350 e. The monoisotopic (exact) mass is 204 g/mol. The number of imide groups is 1. The lowest BCUT2D eigenvalue weighted by molar-refractivity contribution is -0.0395. The van der Waals surface area contributed by atoms with Gasteiger partial charge in [-0.1, -0.05) is 25.4 Å². The number of hydrazine groups is 1. The van der Waals surface area contributed by atoms with Crippen molar-refractivity contribution in [3.05, 3.63) is 0 Å². The first-order chi connectivity index (χ1) is 6.59. The fraction of sp³-hybridized carbons (Fsp3) is 0.714. The molecule has 0 spiro atoms. The van der Waals surface area contributed by atoms with Gasteiger partial charge in [0, 0.05) is 0 Å². The van der Waals surface area contributed by atoms with Crippen molar-refractivity contribution in [2.45, 2.75) is 26.2 Å². The molecule has 7 heteroatoms. The van der Waals surface area contributed by atoms with Gasteiger partial charge in [0.1, 0.15) is 0 Å². The Balaban J connectivity index is 3.62. The van der Waals surface area contributed by atoms with Crippen molar-refractivity contribution in [1.82, 2.24) is 10.6 Å². The van der Waals surface area contributed by atoms with Crippen LogP contribution in [-0.2, 0) is 4.84 Å². The number of nitrogens with one attached hydrogen (secondary N) is 1. The van der Waals surface area contributed by atoms with Crippen LogP contribution in [0.15, 0.2) is 0 Å². The molecule has 82 valence electrons. The Labute approximate surface area is 82.3 Å². The van der Waals surface area contributed by atoms with E-state index in [1.807, 2.05) is 6.92 Å². The smallest absolute Gasteiger partial charge is 0.339 e. The van der Waals surface area contributed by atoms with Gasteiger partial charge in [0.2, 0.25) is 0 Å². The van der Waals surface area contributed by atoms with Gasteiger partial charge in [-0.3, -0.25) is 4.84 Å². The number of primary amides is 2. The van der Waals surface area contributed by atoms with Crippen LogP contribution in [0.25, 0.3) is 0 Å². The molecule has 0 radical (unpaired) electrons. The normalized spacial score (nSPS) is 9.79. The molecule has 0 aliphatic rings. The van der Waals surface area contributed by atoms with Crippen molar-refractivity contribution in [1.29, 1.82) is 0 Å². The summed E-state index contributed by atoms with van der Waals surface area (Å²) in [6.07, 6.45) is 2.89. The van der Waals surface area contributed by atoms with E-state index in [4.69, 9.17) is 16.3 Å². The molecule has 4 amide bonds. The Morgan fingerprint density at radius 2 is 1.86 bits per heavy atom. The van der Waals surface area contributed by atoms with Crippen LogP contribution >= 0.6 is 0 Å². The van der Waals surface area contributed by atoms with Gasteiger partial charge in [-0.15, -0.1) is 0 Å². The number of rotatable bonds is 6. The molecular weight excluding hydrogens is 188 g/mol. The zero-order chi connectivity index (χ0) is 11.0. The zero-order valence-electron chi connectivity index (χ0n) is 8.16. The lowest BCUT2D eigenvalue weighted by atomic mass is 10.3. The minimum absolute atomic E-state index is 0.380. The number of nitrogens with two attached hydrogens (primary N) is 2. The average Bonchev–Trinajstić information content (AvgIpc) is 2.09. The predicted octanol–water partition coefficient (Wildman–Crippen LogP) is 0.0722. The van der Waals surface area contributed by atoms with E-state index in [2.05, 4.69) is 5.59 Å². The largest absolute Gasteiger partial charge is 0.350 e. The summed E-state index contributed by atoms with van der Waals surface area (Å²) in [6.45, 7) is 2.43. The van der Waals surface area contributed by atoms with Crippen LogP contribution in [0.5, 0.6) is 0 Å². The molecule has 0 aliphatic carbocycles. The van der Waals surface area contributed by atoms with E-state index in [0.29, 0.717) is 11.6 Å². The molecule has 0 saturated carbocycles. The SMILES string of the molecule is CCCCCONN(C(N)=O)C(N)=O. The summed E-state index contributed by atoms with van der Waals surface area (Å²) in [4.78, 5) is 25.9. The van der Waals surface area contributed by atoms with E-state index in [0.717, 1.165) is 19.3 Å². The second kappa shape index (κ2) is 7.10. The number of amides is 4. The van der Waals surface area contributed by atoms with E-state index >= 15 is 0 Å². The van der Waals surface area contributed by atoms with Gasteiger partial charge in [0.15, 0.2) is 0 Å². The predicted molar refractivity (Wildman–Crippen MR) is 49.6 cm³/mol. The highest BCUT2D eigenvalue weighted by molar-refractivity contribution is 5.90. The van der Waals surface area contributed by atoms with E-state index in [1.165, 1.54) is 0 Å². The van der Waals surface area contributed by atoms with E-state index in [9.17, 15) is 9.59 Å². The minimum atomic E-state index is -1.01. The summed E-state index contributed by atoms with van der Waals surface area (Å²) in [7, 11) is 0. The van der Waals surface area contributed by atoms with Crippen molar-refractivity contribution in [3.63, 3.8) is 0 Å². The van der Waals surface area contributed by atoms with Crippen LogP contribution in [-0.4, -0.2) is 23.7 Å². The molecule has 0 saturated heterocycles. The standard InChI is InChI=1S/C7H16N4O3/c1-2-3-4-5-14-10-11(6(8)12)7(9)13/h10H,2-5H2,1H3,(H2,8,12)(H2,9,13). The fourth-order valence-corrected chi connectivity index (χ4v) is 0.733. The highest BCUT2D eigenvalue weighted by atomic mass is 16.7. The third kappa shape index (κ3) is 5.33. The van der Waals surface area contributed by atoms with Gasteiger partial charge < -0.3 is 11.5 Å². The summed E-state index contributed by atoms with van der Waals surface area (Å²) in [6, 6.07) is -2.01. The molecule has 0 aliphatic heterocycles. The first-order valence-electron chi connectivity index (χ1n) is 4.36.